The number of aromatic nitrogens is 1. The lowest BCUT2D eigenvalue weighted by atomic mass is 10.2. The van der Waals surface area contributed by atoms with Crippen molar-refractivity contribution in [3.05, 3.63) is 29.6 Å². The summed E-state index contributed by atoms with van der Waals surface area (Å²) in [5.74, 6) is 0.530. The van der Waals surface area contributed by atoms with Gasteiger partial charge in [0.2, 0.25) is 0 Å². The third-order valence-corrected chi connectivity index (χ3v) is 3.71. The van der Waals surface area contributed by atoms with E-state index in [4.69, 9.17) is 10.5 Å². The quantitative estimate of drug-likeness (QED) is 0.292. The van der Waals surface area contributed by atoms with E-state index in [9.17, 15) is 0 Å². The van der Waals surface area contributed by atoms with Crippen molar-refractivity contribution in [1.82, 2.24) is 15.2 Å². The Hall–Kier alpha value is -0.930. The maximum atomic E-state index is 5.87. The molecular formula is C16H28IN5O. The van der Waals surface area contributed by atoms with Crippen LogP contribution in [0.25, 0.3) is 0 Å². The number of aryl methyl sites for hydroxylation is 1. The van der Waals surface area contributed by atoms with Gasteiger partial charge in [0.1, 0.15) is 0 Å². The van der Waals surface area contributed by atoms with Crippen molar-refractivity contribution >= 4 is 29.9 Å². The first-order valence-corrected chi connectivity index (χ1v) is 7.99. The maximum Gasteiger partial charge on any atom is 0.188 e. The zero-order valence-electron chi connectivity index (χ0n) is 13.8. The molecule has 1 saturated heterocycles. The van der Waals surface area contributed by atoms with E-state index in [0.29, 0.717) is 5.96 Å². The molecule has 3 N–H and O–H groups in total. The summed E-state index contributed by atoms with van der Waals surface area (Å²) in [5.41, 5.74) is 8.12. The molecule has 130 valence electrons. The van der Waals surface area contributed by atoms with E-state index in [1.165, 1.54) is 5.56 Å². The normalized spacial score (nSPS) is 16.0. The van der Waals surface area contributed by atoms with Crippen LogP contribution in [0.3, 0.4) is 0 Å². The van der Waals surface area contributed by atoms with Gasteiger partial charge in [-0.05, 0) is 31.4 Å². The van der Waals surface area contributed by atoms with Crippen LogP contribution in [0, 0.1) is 6.92 Å². The zero-order valence-corrected chi connectivity index (χ0v) is 16.2. The number of halogens is 1. The number of pyridine rings is 1. The molecular weight excluding hydrogens is 405 g/mol. The molecule has 7 heteroatoms. The van der Waals surface area contributed by atoms with Crippen LogP contribution in [0.15, 0.2) is 23.3 Å². The van der Waals surface area contributed by atoms with Gasteiger partial charge in [-0.3, -0.25) is 14.9 Å². The smallest absolute Gasteiger partial charge is 0.188 e. The van der Waals surface area contributed by atoms with Crippen LogP contribution in [0.2, 0.25) is 0 Å². The molecule has 0 saturated carbocycles. The second kappa shape index (κ2) is 11.6. The van der Waals surface area contributed by atoms with Crippen molar-refractivity contribution in [2.75, 3.05) is 45.9 Å². The predicted octanol–water partition coefficient (Wildman–Crippen LogP) is 1.18. The lowest BCUT2D eigenvalue weighted by Crippen LogP contribution is -2.37. The topological polar surface area (TPSA) is 75.8 Å². The Kier molecular flexibility index (Phi) is 10.1. The van der Waals surface area contributed by atoms with Crippen LogP contribution >= 0.6 is 24.0 Å². The lowest BCUT2D eigenvalue weighted by Gasteiger charge is -2.26. The highest BCUT2D eigenvalue weighted by Crippen LogP contribution is 1.99. The highest BCUT2D eigenvalue weighted by Gasteiger charge is 2.08. The van der Waals surface area contributed by atoms with Crippen molar-refractivity contribution < 1.29 is 4.74 Å². The average molecular weight is 433 g/mol. The van der Waals surface area contributed by atoms with Gasteiger partial charge >= 0.3 is 0 Å². The highest BCUT2D eigenvalue weighted by atomic mass is 127. The summed E-state index contributed by atoms with van der Waals surface area (Å²) in [6.45, 7) is 8.36. The standard InChI is InChI=1S/C16H27N5O.HI/c1-14-3-4-15(13-20-14)5-7-19-16(17)18-6-2-8-21-9-11-22-12-10-21;/h3-4,13H,2,5-12H2,1H3,(H3,17,18,19);1H. The molecule has 2 rings (SSSR count). The predicted molar refractivity (Wildman–Crippen MR) is 104 cm³/mol. The van der Waals surface area contributed by atoms with Gasteiger partial charge in [-0.15, -0.1) is 24.0 Å². The van der Waals surface area contributed by atoms with E-state index in [1.807, 2.05) is 19.2 Å². The van der Waals surface area contributed by atoms with Crippen molar-refractivity contribution in [2.45, 2.75) is 19.8 Å². The Labute approximate surface area is 155 Å². The molecule has 1 fully saturated rings. The minimum Gasteiger partial charge on any atom is -0.379 e. The molecule has 2 heterocycles. The SMILES string of the molecule is Cc1ccc(CCNC(N)=NCCCN2CCOCC2)cn1.I. The molecule has 0 spiro atoms. The number of nitrogens with zero attached hydrogens (tertiary/aromatic N) is 3. The molecule has 1 aliphatic heterocycles. The third-order valence-electron chi connectivity index (χ3n) is 3.71. The van der Waals surface area contributed by atoms with Gasteiger partial charge < -0.3 is 15.8 Å². The van der Waals surface area contributed by atoms with Gasteiger partial charge in [0, 0.05) is 44.6 Å². The second-order valence-electron chi connectivity index (χ2n) is 5.56. The number of guanidine groups is 1. The number of nitrogens with one attached hydrogen (secondary N) is 1. The van der Waals surface area contributed by atoms with Crippen LogP contribution in [0.4, 0.5) is 0 Å². The van der Waals surface area contributed by atoms with E-state index in [-0.39, 0.29) is 24.0 Å². The largest absolute Gasteiger partial charge is 0.379 e. The van der Waals surface area contributed by atoms with Crippen molar-refractivity contribution in [3.8, 4) is 0 Å². The fourth-order valence-corrected chi connectivity index (χ4v) is 2.36. The van der Waals surface area contributed by atoms with Crippen LogP contribution in [-0.2, 0) is 11.2 Å². The molecule has 1 aromatic heterocycles. The number of ether oxygens (including phenoxy) is 1. The van der Waals surface area contributed by atoms with Gasteiger partial charge in [-0.1, -0.05) is 6.07 Å². The summed E-state index contributed by atoms with van der Waals surface area (Å²) in [7, 11) is 0. The Balaban J connectivity index is 0.00000264. The molecule has 0 aromatic carbocycles. The summed E-state index contributed by atoms with van der Waals surface area (Å²) in [6.07, 6.45) is 3.84. The number of rotatable bonds is 7. The van der Waals surface area contributed by atoms with Gasteiger partial charge in [0.05, 0.1) is 13.2 Å². The summed E-state index contributed by atoms with van der Waals surface area (Å²) in [5, 5.41) is 3.15. The van der Waals surface area contributed by atoms with Crippen molar-refractivity contribution in [3.63, 3.8) is 0 Å². The van der Waals surface area contributed by atoms with Gasteiger partial charge in [-0.25, -0.2) is 0 Å². The Bertz CT molecular complexity index is 460. The fraction of sp³-hybridized carbons (Fsp3) is 0.625. The van der Waals surface area contributed by atoms with Gasteiger partial charge in [0.25, 0.3) is 0 Å². The van der Waals surface area contributed by atoms with Crippen molar-refractivity contribution in [2.24, 2.45) is 10.7 Å². The van der Waals surface area contributed by atoms with E-state index >= 15 is 0 Å². The Morgan fingerprint density at radius 2 is 2.17 bits per heavy atom. The first-order chi connectivity index (χ1) is 10.7. The first kappa shape index (κ1) is 20.1. The Morgan fingerprint density at radius 3 is 2.87 bits per heavy atom. The summed E-state index contributed by atoms with van der Waals surface area (Å²) < 4.78 is 5.33. The lowest BCUT2D eigenvalue weighted by molar-refractivity contribution is 0.0377. The molecule has 0 radical (unpaired) electrons. The first-order valence-electron chi connectivity index (χ1n) is 7.99. The number of hydrogen-bond donors (Lipinski definition) is 2. The van der Waals surface area contributed by atoms with Crippen LogP contribution < -0.4 is 11.1 Å². The molecule has 0 atom stereocenters. The van der Waals surface area contributed by atoms with E-state index in [1.54, 1.807) is 0 Å². The van der Waals surface area contributed by atoms with E-state index in [0.717, 1.165) is 64.5 Å². The number of aliphatic imine (C=N–C) groups is 1. The van der Waals surface area contributed by atoms with Gasteiger partial charge in [0.15, 0.2) is 5.96 Å². The van der Waals surface area contributed by atoms with Gasteiger partial charge in [-0.2, -0.15) is 0 Å². The summed E-state index contributed by atoms with van der Waals surface area (Å²) >= 11 is 0. The number of morpholine rings is 1. The molecule has 1 aromatic rings. The highest BCUT2D eigenvalue weighted by molar-refractivity contribution is 14.0. The van der Waals surface area contributed by atoms with Crippen LogP contribution in [0.5, 0.6) is 0 Å². The third kappa shape index (κ3) is 8.47. The monoisotopic (exact) mass is 433 g/mol. The molecule has 23 heavy (non-hydrogen) atoms. The zero-order chi connectivity index (χ0) is 15.6. The Morgan fingerprint density at radius 1 is 1.39 bits per heavy atom. The van der Waals surface area contributed by atoms with E-state index in [2.05, 4.69) is 26.3 Å². The molecule has 0 bridgehead atoms. The van der Waals surface area contributed by atoms with Crippen LogP contribution in [-0.4, -0.2) is 61.8 Å². The molecule has 0 unspecified atom stereocenters. The average Bonchev–Trinajstić information content (AvgIpc) is 2.54. The minimum atomic E-state index is 0. The minimum absolute atomic E-state index is 0. The molecule has 0 aliphatic carbocycles. The summed E-state index contributed by atoms with van der Waals surface area (Å²) in [6, 6.07) is 4.12. The number of hydrogen-bond acceptors (Lipinski definition) is 4. The number of nitrogens with two attached hydrogens (primary N) is 1. The molecule has 1 aliphatic rings. The molecule has 6 nitrogen and oxygen atoms in total. The van der Waals surface area contributed by atoms with Crippen LogP contribution in [0.1, 0.15) is 17.7 Å². The van der Waals surface area contributed by atoms with E-state index < -0.39 is 0 Å². The maximum absolute atomic E-state index is 5.87. The fourth-order valence-electron chi connectivity index (χ4n) is 2.36. The molecule has 0 amide bonds. The second-order valence-corrected chi connectivity index (χ2v) is 5.56. The van der Waals surface area contributed by atoms with Crippen molar-refractivity contribution in [1.29, 1.82) is 0 Å². The summed E-state index contributed by atoms with van der Waals surface area (Å²) in [4.78, 5) is 11.1.